The fraction of sp³-hybridized carbons (Fsp3) is 0.167. The van der Waals surface area contributed by atoms with Crippen molar-refractivity contribution in [3.8, 4) is 0 Å². The molecule has 0 bridgehead atoms. The second kappa shape index (κ2) is 5.68. The van der Waals surface area contributed by atoms with Crippen LogP contribution in [-0.4, -0.2) is 17.9 Å². The Morgan fingerprint density at radius 2 is 2.17 bits per heavy atom. The number of aromatic nitrogens is 2. The number of hydrogen-bond donors (Lipinski definition) is 2. The molecule has 23 heavy (non-hydrogen) atoms. The highest BCUT2D eigenvalue weighted by Gasteiger charge is 2.17. The lowest BCUT2D eigenvalue weighted by Gasteiger charge is -1.98. The molecule has 0 spiro atoms. The second-order valence-corrected chi connectivity index (χ2v) is 6.84. The SMILES string of the molecule is CCc1[nH]oc(=O)c1N=Nc1snc2c(S(N)(=O)=O)cccc12. The second-order valence-electron chi connectivity index (χ2n) is 4.56. The van der Waals surface area contributed by atoms with Crippen molar-refractivity contribution in [1.82, 2.24) is 9.53 Å². The number of primary sulfonamides is 1. The Morgan fingerprint density at radius 1 is 1.39 bits per heavy atom. The van der Waals surface area contributed by atoms with E-state index in [0.717, 1.165) is 11.5 Å². The molecule has 9 nitrogen and oxygen atoms in total. The minimum atomic E-state index is -3.89. The van der Waals surface area contributed by atoms with Crippen LogP contribution in [0.5, 0.6) is 0 Å². The summed E-state index contributed by atoms with van der Waals surface area (Å²) >= 11 is 0.961. The highest BCUT2D eigenvalue weighted by Crippen LogP contribution is 2.34. The van der Waals surface area contributed by atoms with Crippen LogP contribution in [0.3, 0.4) is 0 Å². The molecule has 2 aromatic heterocycles. The smallest absolute Gasteiger partial charge is 0.336 e. The molecule has 1 aromatic carbocycles. The molecule has 0 saturated carbocycles. The molecule has 0 radical (unpaired) electrons. The lowest BCUT2D eigenvalue weighted by atomic mass is 10.2. The number of azo groups is 1. The van der Waals surface area contributed by atoms with Gasteiger partial charge in [-0.3, -0.25) is 0 Å². The maximum atomic E-state index is 11.6. The van der Waals surface area contributed by atoms with Gasteiger partial charge in [0.05, 0.1) is 5.69 Å². The van der Waals surface area contributed by atoms with E-state index in [1.165, 1.54) is 12.1 Å². The molecule has 3 N–H and O–H groups in total. The quantitative estimate of drug-likeness (QED) is 0.691. The van der Waals surface area contributed by atoms with Crippen LogP contribution in [0, 0.1) is 0 Å². The summed E-state index contributed by atoms with van der Waals surface area (Å²) in [6, 6.07) is 4.56. The van der Waals surface area contributed by atoms with E-state index in [1.54, 1.807) is 6.07 Å². The van der Waals surface area contributed by atoms with Crippen molar-refractivity contribution in [2.24, 2.45) is 15.4 Å². The summed E-state index contributed by atoms with van der Waals surface area (Å²) in [6.07, 6.45) is 0.527. The van der Waals surface area contributed by atoms with Gasteiger partial charge >= 0.3 is 5.63 Å². The van der Waals surface area contributed by atoms with E-state index >= 15 is 0 Å². The van der Waals surface area contributed by atoms with Crippen molar-refractivity contribution in [3.63, 3.8) is 0 Å². The highest BCUT2D eigenvalue weighted by atomic mass is 32.2. The lowest BCUT2D eigenvalue weighted by molar-refractivity contribution is 0.386. The van der Waals surface area contributed by atoms with Crippen LogP contribution in [0.2, 0.25) is 0 Å². The number of hydrogen-bond acceptors (Lipinski definition) is 8. The van der Waals surface area contributed by atoms with E-state index in [-0.39, 0.29) is 16.1 Å². The van der Waals surface area contributed by atoms with Crippen LogP contribution in [0.1, 0.15) is 12.6 Å². The third kappa shape index (κ3) is 2.81. The van der Waals surface area contributed by atoms with Crippen LogP contribution in [0.15, 0.2) is 42.6 Å². The van der Waals surface area contributed by atoms with Gasteiger partial charge in [-0.25, -0.2) is 23.5 Å². The van der Waals surface area contributed by atoms with Crippen molar-refractivity contribution in [1.29, 1.82) is 0 Å². The van der Waals surface area contributed by atoms with Crippen LogP contribution < -0.4 is 10.8 Å². The average molecular weight is 353 g/mol. The summed E-state index contributed by atoms with van der Waals surface area (Å²) in [7, 11) is -3.89. The van der Waals surface area contributed by atoms with Crippen molar-refractivity contribution in [2.75, 3.05) is 0 Å². The lowest BCUT2D eigenvalue weighted by Crippen LogP contribution is -2.12. The molecular formula is C12H11N5O4S2. The fourth-order valence-corrected chi connectivity index (χ4v) is 3.46. The van der Waals surface area contributed by atoms with Gasteiger partial charge in [-0.1, -0.05) is 13.0 Å². The topological polar surface area (TPSA) is 144 Å². The monoisotopic (exact) mass is 353 g/mol. The zero-order chi connectivity index (χ0) is 16.6. The van der Waals surface area contributed by atoms with Gasteiger partial charge in [0.2, 0.25) is 10.0 Å². The first-order valence-electron chi connectivity index (χ1n) is 6.45. The molecule has 120 valence electrons. The molecular weight excluding hydrogens is 342 g/mol. The Kier molecular flexibility index (Phi) is 3.83. The summed E-state index contributed by atoms with van der Waals surface area (Å²) in [5, 5.41) is 16.4. The highest BCUT2D eigenvalue weighted by molar-refractivity contribution is 7.89. The molecule has 2 heterocycles. The summed E-state index contributed by atoms with van der Waals surface area (Å²) in [6.45, 7) is 1.83. The first-order chi connectivity index (χ1) is 10.9. The third-order valence-corrected chi connectivity index (χ3v) is 4.79. The number of aromatic amines is 1. The van der Waals surface area contributed by atoms with Crippen LogP contribution in [0.25, 0.3) is 10.9 Å². The maximum Gasteiger partial charge on any atom is 0.384 e. The van der Waals surface area contributed by atoms with E-state index in [4.69, 9.17) is 5.14 Å². The largest absolute Gasteiger partial charge is 0.384 e. The third-order valence-electron chi connectivity index (χ3n) is 3.10. The van der Waals surface area contributed by atoms with E-state index in [9.17, 15) is 13.2 Å². The van der Waals surface area contributed by atoms with Crippen molar-refractivity contribution in [2.45, 2.75) is 18.2 Å². The van der Waals surface area contributed by atoms with Crippen LogP contribution >= 0.6 is 11.5 Å². The van der Waals surface area contributed by atoms with E-state index < -0.39 is 15.6 Å². The minimum Gasteiger partial charge on any atom is -0.336 e. The summed E-state index contributed by atoms with van der Waals surface area (Å²) in [5.74, 6) is 0. The number of nitrogens with one attached hydrogen (secondary N) is 1. The van der Waals surface area contributed by atoms with Crippen molar-refractivity contribution in [3.05, 3.63) is 34.3 Å². The van der Waals surface area contributed by atoms with Gasteiger partial charge in [-0.2, -0.15) is 4.37 Å². The number of H-pyrrole nitrogens is 1. The van der Waals surface area contributed by atoms with Gasteiger partial charge in [0.15, 0.2) is 10.7 Å². The van der Waals surface area contributed by atoms with Gasteiger partial charge in [0, 0.05) is 5.39 Å². The van der Waals surface area contributed by atoms with Gasteiger partial charge < -0.3 is 4.52 Å². The maximum absolute atomic E-state index is 11.6. The van der Waals surface area contributed by atoms with E-state index in [0.29, 0.717) is 22.5 Å². The number of fused-ring (bicyclic) bond motifs is 1. The molecule has 0 saturated heterocycles. The molecule has 3 aromatic rings. The molecule has 0 atom stereocenters. The van der Waals surface area contributed by atoms with Gasteiger partial charge in [0.25, 0.3) is 0 Å². The van der Waals surface area contributed by atoms with E-state index in [1.807, 2.05) is 6.92 Å². The Morgan fingerprint density at radius 3 is 2.87 bits per heavy atom. The first-order valence-corrected chi connectivity index (χ1v) is 8.77. The Balaban J connectivity index is 2.10. The van der Waals surface area contributed by atoms with Gasteiger partial charge in [0.1, 0.15) is 10.4 Å². The number of nitrogens with two attached hydrogens (primary N) is 1. The predicted octanol–water partition coefficient (Wildman–Crippen LogP) is 2.20. The Hall–Kier alpha value is -2.37. The predicted molar refractivity (Wildman–Crippen MR) is 83.9 cm³/mol. The van der Waals surface area contributed by atoms with Gasteiger partial charge in [-0.15, -0.1) is 10.2 Å². The standard InChI is InChI=1S/C12H11N5O4S2/c1-2-7-10(12(18)21-16-7)14-15-11-6-4-3-5-8(23(13,19)20)9(6)17-22-11/h3-5,16H,2H2,1H3,(H2,13,19,20). The molecule has 0 fully saturated rings. The number of rotatable bonds is 4. The number of nitrogens with zero attached hydrogens (tertiary/aromatic N) is 3. The molecule has 0 aliphatic rings. The zero-order valence-electron chi connectivity index (χ0n) is 11.8. The molecule has 0 aliphatic carbocycles. The normalized spacial score (nSPS) is 12.4. The number of sulfonamides is 1. The van der Waals surface area contributed by atoms with E-state index in [2.05, 4.69) is 24.3 Å². The number of benzene rings is 1. The molecule has 0 aliphatic heterocycles. The summed E-state index contributed by atoms with van der Waals surface area (Å²) in [4.78, 5) is 11.5. The Labute approximate surface area is 134 Å². The Bertz CT molecular complexity index is 1060. The average Bonchev–Trinajstić information content (AvgIpc) is 3.07. The molecule has 0 unspecified atom stereocenters. The van der Waals surface area contributed by atoms with Gasteiger partial charge in [-0.05, 0) is 30.1 Å². The van der Waals surface area contributed by atoms with Crippen molar-refractivity contribution >= 4 is 43.1 Å². The minimum absolute atomic E-state index is 0.0802. The zero-order valence-corrected chi connectivity index (χ0v) is 13.4. The number of aryl methyl sites for hydroxylation is 1. The van der Waals surface area contributed by atoms with Crippen LogP contribution in [0.4, 0.5) is 10.7 Å². The summed E-state index contributed by atoms with van der Waals surface area (Å²) in [5.41, 5.74) is 0.213. The first kappa shape index (κ1) is 15.5. The molecule has 0 amide bonds. The van der Waals surface area contributed by atoms with Crippen LogP contribution in [-0.2, 0) is 16.4 Å². The molecule has 11 heteroatoms. The summed E-state index contributed by atoms with van der Waals surface area (Å²) < 4.78 is 31.9. The fourth-order valence-electron chi connectivity index (χ4n) is 1.99. The van der Waals surface area contributed by atoms with Crippen molar-refractivity contribution < 1.29 is 12.9 Å². The molecule has 3 rings (SSSR count).